The normalized spacial score (nSPS) is 9.33. The van der Waals surface area contributed by atoms with Gasteiger partial charge in [-0.1, -0.05) is 25.1 Å². The molecule has 0 aliphatic carbocycles. The van der Waals surface area contributed by atoms with Gasteiger partial charge in [0.1, 0.15) is 0 Å². The van der Waals surface area contributed by atoms with Gasteiger partial charge in [0.15, 0.2) is 5.82 Å². The Morgan fingerprint density at radius 2 is 1.87 bits per heavy atom. The number of aryl methyl sites for hydroxylation is 2. The van der Waals surface area contributed by atoms with E-state index in [-0.39, 0.29) is 0 Å². The Hall–Kier alpha value is -1.71. The van der Waals surface area contributed by atoms with Crippen molar-refractivity contribution in [2.75, 3.05) is 0 Å². The highest BCUT2D eigenvalue weighted by Gasteiger charge is 1.98. The summed E-state index contributed by atoms with van der Waals surface area (Å²) >= 11 is 0. The molecule has 0 radical (unpaired) electrons. The topological polar surface area (TPSA) is 43.6 Å². The third kappa shape index (κ3) is 2.87. The molecule has 0 aromatic carbocycles. The summed E-state index contributed by atoms with van der Waals surface area (Å²) in [6.07, 6.45) is 3.66. The largest absolute Gasteiger partial charge is 0.237 e. The first kappa shape index (κ1) is 11.4. The highest BCUT2D eigenvalue weighted by Crippen LogP contribution is 2.03. The molecule has 0 spiro atoms. The van der Waals surface area contributed by atoms with E-state index >= 15 is 0 Å². The van der Waals surface area contributed by atoms with Crippen molar-refractivity contribution in [2.24, 2.45) is 0 Å². The number of hydrogen-bond acceptors (Lipinski definition) is 3. The average Bonchev–Trinajstić information content (AvgIpc) is 2.69. The Balaban J connectivity index is 0.000000531. The zero-order valence-corrected chi connectivity index (χ0v) is 9.60. The summed E-state index contributed by atoms with van der Waals surface area (Å²) in [4.78, 5) is 4.22. The third-order valence-corrected chi connectivity index (χ3v) is 1.74. The van der Waals surface area contributed by atoms with Crippen LogP contribution in [-0.2, 0) is 0 Å². The fourth-order valence-corrected chi connectivity index (χ4v) is 1.05. The van der Waals surface area contributed by atoms with Crippen molar-refractivity contribution in [3.63, 3.8) is 0 Å². The SMILES string of the molecule is CC.Cc1ccc(-n2cc(C)nn2)nc1. The van der Waals surface area contributed by atoms with Gasteiger partial charge in [-0.25, -0.2) is 9.67 Å². The Kier molecular flexibility index (Phi) is 3.97. The first-order valence-electron chi connectivity index (χ1n) is 5.08. The Labute approximate surface area is 90.0 Å². The molecule has 0 unspecified atom stereocenters. The summed E-state index contributed by atoms with van der Waals surface area (Å²) in [5.41, 5.74) is 2.03. The quantitative estimate of drug-likeness (QED) is 0.716. The van der Waals surface area contributed by atoms with Crippen LogP contribution in [0.15, 0.2) is 24.5 Å². The van der Waals surface area contributed by atoms with Crippen LogP contribution in [0.5, 0.6) is 0 Å². The van der Waals surface area contributed by atoms with Crippen molar-refractivity contribution in [1.29, 1.82) is 0 Å². The standard InChI is InChI=1S/C9H10N4.C2H6/c1-7-3-4-9(10-5-7)13-6-8(2)11-12-13;1-2/h3-6H,1-2H3;1-2H3. The van der Waals surface area contributed by atoms with Crippen LogP contribution in [0.25, 0.3) is 5.82 Å². The van der Waals surface area contributed by atoms with Crippen LogP contribution in [0.3, 0.4) is 0 Å². The molecule has 0 bridgehead atoms. The van der Waals surface area contributed by atoms with Crippen molar-refractivity contribution in [1.82, 2.24) is 20.0 Å². The van der Waals surface area contributed by atoms with Crippen LogP contribution < -0.4 is 0 Å². The van der Waals surface area contributed by atoms with E-state index < -0.39 is 0 Å². The van der Waals surface area contributed by atoms with E-state index in [1.54, 1.807) is 4.68 Å². The molecule has 4 nitrogen and oxygen atoms in total. The number of nitrogens with zero attached hydrogens (tertiary/aromatic N) is 4. The number of pyridine rings is 1. The summed E-state index contributed by atoms with van der Waals surface area (Å²) in [5, 5.41) is 7.81. The minimum Gasteiger partial charge on any atom is -0.237 e. The molecule has 2 rings (SSSR count). The van der Waals surface area contributed by atoms with Gasteiger partial charge in [0.05, 0.1) is 11.9 Å². The second kappa shape index (κ2) is 5.24. The zero-order chi connectivity index (χ0) is 11.3. The summed E-state index contributed by atoms with van der Waals surface area (Å²) in [6.45, 7) is 7.90. The summed E-state index contributed by atoms with van der Waals surface area (Å²) in [7, 11) is 0. The lowest BCUT2D eigenvalue weighted by molar-refractivity contribution is 0.779. The maximum absolute atomic E-state index is 4.22. The number of rotatable bonds is 1. The van der Waals surface area contributed by atoms with Gasteiger partial charge in [-0.15, -0.1) is 5.10 Å². The molecule has 2 heterocycles. The summed E-state index contributed by atoms with van der Waals surface area (Å²) in [5.74, 6) is 0.797. The van der Waals surface area contributed by atoms with Crippen LogP contribution in [0.4, 0.5) is 0 Å². The third-order valence-electron chi connectivity index (χ3n) is 1.74. The summed E-state index contributed by atoms with van der Waals surface area (Å²) < 4.78 is 1.66. The van der Waals surface area contributed by atoms with Gasteiger partial charge in [0, 0.05) is 6.20 Å². The molecule has 0 aliphatic heterocycles. The van der Waals surface area contributed by atoms with E-state index in [4.69, 9.17) is 0 Å². The lowest BCUT2D eigenvalue weighted by atomic mass is 10.3. The van der Waals surface area contributed by atoms with Gasteiger partial charge < -0.3 is 0 Å². The van der Waals surface area contributed by atoms with E-state index in [1.807, 2.05) is 52.2 Å². The molecule has 0 saturated carbocycles. The van der Waals surface area contributed by atoms with Crippen LogP contribution in [-0.4, -0.2) is 20.0 Å². The zero-order valence-electron chi connectivity index (χ0n) is 9.60. The number of hydrogen-bond donors (Lipinski definition) is 0. The Morgan fingerprint density at radius 1 is 1.13 bits per heavy atom. The lowest BCUT2D eigenvalue weighted by Gasteiger charge is -1.97. The smallest absolute Gasteiger partial charge is 0.155 e. The van der Waals surface area contributed by atoms with Crippen LogP contribution in [0.2, 0.25) is 0 Å². The van der Waals surface area contributed by atoms with E-state index in [9.17, 15) is 0 Å². The van der Waals surface area contributed by atoms with Crippen molar-refractivity contribution in [2.45, 2.75) is 27.7 Å². The summed E-state index contributed by atoms with van der Waals surface area (Å²) in [6, 6.07) is 3.92. The lowest BCUT2D eigenvalue weighted by Crippen LogP contribution is -1.97. The van der Waals surface area contributed by atoms with Crippen molar-refractivity contribution in [3.05, 3.63) is 35.8 Å². The molecule has 4 heteroatoms. The molecular weight excluding hydrogens is 188 g/mol. The average molecular weight is 204 g/mol. The second-order valence-electron chi connectivity index (χ2n) is 3.00. The van der Waals surface area contributed by atoms with Crippen LogP contribution >= 0.6 is 0 Å². The Bertz CT molecular complexity index is 403. The van der Waals surface area contributed by atoms with Crippen molar-refractivity contribution in [3.8, 4) is 5.82 Å². The molecule has 80 valence electrons. The molecule has 0 amide bonds. The van der Waals surface area contributed by atoms with Gasteiger partial charge >= 0.3 is 0 Å². The van der Waals surface area contributed by atoms with E-state index in [0.29, 0.717) is 0 Å². The molecule has 0 aliphatic rings. The molecular formula is C11H16N4. The van der Waals surface area contributed by atoms with Crippen LogP contribution in [0.1, 0.15) is 25.1 Å². The Morgan fingerprint density at radius 3 is 2.33 bits per heavy atom. The van der Waals surface area contributed by atoms with Gasteiger partial charge in [0.2, 0.25) is 0 Å². The molecule has 0 atom stereocenters. The molecule has 0 N–H and O–H groups in total. The van der Waals surface area contributed by atoms with Gasteiger partial charge in [-0.3, -0.25) is 0 Å². The number of aromatic nitrogens is 4. The van der Waals surface area contributed by atoms with Gasteiger partial charge in [-0.2, -0.15) is 0 Å². The first-order valence-corrected chi connectivity index (χ1v) is 5.08. The molecule has 2 aromatic heterocycles. The van der Waals surface area contributed by atoms with Gasteiger partial charge in [-0.05, 0) is 25.5 Å². The van der Waals surface area contributed by atoms with E-state index in [2.05, 4.69) is 15.3 Å². The molecule has 2 aromatic rings. The molecule has 0 fully saturated rings. The predicted molar refractivity (Wildman–Crippen MR) is 60.0 cm³/mol. The highest BCUT2D eigenvalue weighted by molar-refractivity contribution is 5.23. The fraction of sp³-hybridized carbons (Fsp3) is 0.364. The maximum Gasteiger partial charge on any atom is 0.155 e. The fourth-order valence-electron chi connectivity index (χ4n) is 1.05. The minimum atomic E-state index is 0.797. The van der Waals surface area contributed by atoms with Crippen LogP contribution in [0, 0.1) is 13.8 Å². The monoisotopic (exact) mass is 204 g/mol. The van der Waals surface area contributed by atoms with Crippen molar-refractivity contribution >= 4 is 0 Å². The van der Waals surface area contributed by atoms with Gasteiger partial charge in [0.25, 0.3) is 0 Å². The molecule has 15 heavy (non-hydrogen) atoms. The molecule has 0 saturated heterocycles. The predicted octanol–water partition coefficient (Wildman–Crippen LogP) is 2.31. The van der Waals surface area contributed by atoms with E-state index in [0.717, 1.165) is 17.1 Å². The first-order chi connectivity index (χ1) is 7.25. The highest BCUT2D eigenvalue weighted by atomic mass is 15.4. The van der Waals surface area contributed by atoms with Crippen molar-refractivity contribution < 1.29 is 0 Å². The van der Waals surface area contributed by atoms with E-state index in [1.165, 1.54) is 0 Å². The maximum atomic E-state index is 4.22. The second-order valence-corrected chi connectivity index (χ2v) is 3.00. The minimum absolute atomic E-state index is 0.797.